The summed E-state index contributed by atoms with van der Waals surface area (Å²) >= 11 is 17.7. The molecule has 0 fully saturated rings. The van der Waals surface area contributed by atoms with Crippen molar-refractivity contribution in [1.82, 2.24) is 0 Å². The van der Waals surface area contributed by atoms with Gasteiger partial charge in [-0.1, -0.05) is 86.5 Å². The summed E-state index contributed by atoms with van der Waals surface area (Å²) < 4.78 is 3.49. The molecule has 0 radical (unpaired) electrons. The Kier molecular flexibility index (Phi) is 8.13. The average molecular weight is 320 g/mol. The molecule has 0 aromatic carbocycles. The van der Waals surface area contributed by atoms with Gasteiger partial charge in [-0.2, -0.15) is 0 Å². The van der Waals surface area contributed by atoms with Gasteiger partial charge in [-0.3, -0.25) is 4.79 Å². The highest BCUT2D eigenvalue weighted by molar-refractivity contribution is 6.84. The number of carbonyl (C=O) groups is 1. The molecule has 1 unspecified atom stereocenters. The van der Waals surface area contributed by atoms with Crippen LogP contribution in [0.25, 0.3) is 0 Å². The molecule has 102 valence electrons. The number of rotatable bonds is 8. The van der Waals surface area contributed by atoms with E-state index in [-0.39, 0.29) is 0 Å². The fraction of sp³-hybridized carbons (Fsp3) is 0.909. The number of hydrogen-bond acceptors (Lipinski definition) is 2. The van der Waals surface area contributed by atoms with E-state index < -0.39 is 17.6 Å². The van der Waals surface area contributed by atoms with E-state index in [0.29, 0.717) is 6.47 Å². The highest BCUT2D eigenvalue weighted by atomic mass is 35.6. The lowest BCUT2D eigenvalue weighted by Crippen LogP contribution is -2.51. The minimum absolute atomic E-state index is 0.382. The van der Waals surface area contributed by atoms with Crippen LogP contribution in [0.5, 0.6) is 0 Å². The SMILES string of the molecule is CCCCCC[Si](C)(C)C(OC=O)C(Cl)(Cl)Cl. The monoisotopic (exact) mass is 318 g/mol. The molecule has 0 heterocycles. The first-order chi connectivity index (χ1) is 7.75. The van der Waals surface area contributed by atoms with Crippen LogP contribution in [0.2, 0.25) is 19.1 Å². The van der Waals surface area contributed by atoms with Gasteiger partial charge in [0.2, 0.25) is 3.79 Å². The average Bonchev–Trinajstić information content (AvgIpc) is 2.19. The minimum atomic E-state index is -1.89. The molecular weight excluding hydrogens is 299 g/mol. The van der Waals surface area contributed by atoms with E-state index in [4.69, 9.17) is 39.5 Å². The first-order valence-corrected chi connectivity index (χ1v) is 10.3. The van der Waals surface area contributed by atoms with Gasteiger partial charge in [0, 0.05) is 0 Å². The standard InChI is InChI=1S/C11H21Cl3O2Si/c1-4-5-6-7-8-17(2,3)10(16-9-15)11(12,13)14/h9-10H,4-8H2,1-3H3. The Labute approximate surface area is 120 Å². The van der Waals surface area contributed by atoms with Crippen LogP contribution in [0.4, 0.5) is 0 Å². The van der Waals surface area contributed by atoms with Crippen molar-refractivity contribution in [2.45, 2.75) is 61.3 Å². The van der Waals surface area contributed by atoms with E-state index in [2.05, 4.69) is 20.0 Å². The van der Waals surface area contributed by atoms with E-state index >= 15 is 0 Å². The first kappa shape index (κ1) is 17.6. The quantitative estimate of drug-likeness (QED) is 0.280. The predicted molar refractivity (Wildman–Crippen MR) is 77.7 cm³/mol. The lowest BCUT2D eigenvalue weighted by molar-refractivity contribution is -0.130. The third-order valence-corrected chi connectivity index (χ3v) is 7.65. The molecule has 0 aliphatic carbocycles. The maximum Gasteiger partial charge on any atom is 0.293 e. The molecule has 0 rings (SSSR count). The van der Waals surface area contributed by atoms with Gasteiger partial charge in [-0.25, -0.2) is 0 Å². The summed E-state index contributed by atoms with van der Waals surface area (Å²) in [5.41, 5.74) is -0.584. The second-order valence-electron chi connectivity index (χ2n) is 4.95. The molecule has 2 nitrogen and oxygen atoms in total. The number of halogens is 3. The van der Waals surface area contributed by atoms with Gasteiger partial charge in [0.05, 0.1) is 0 Å². The van der Waals surface area contributed by atoms with Crippen LogP contribution in [0, 0.1) is 0 Å². The lowest BCUT2D eigenvalue weighted by Gasteiger charge is -2.35. The summed E-state index contributed by atoms with van der Waals surface area (Å²) in [6.07, 6.45) is 4.70. The Morgan fingerprint density at radius 1 is 1.24 bits per heavy atom. The second-order valence-corrected chi connectivity index (χ2v) is 12.3. The maximum atomic E-state index is 10.5. The van der Waals surface area contributed by atoms with E-state index in [0.717, 1.165) is 12.5 Å². The largest absolute Gasteiger partial charge is 0.464 e. The van der Waals surface area contributed by atoms with E-state index in [1.54, 1.807) is 0 Å². The van der Waals surface area contributed by atoms with Crippen molar-refractivity contribution >= 4 is 49.3 Å². The Morgan fingerprint density at radius 2 is 1.82 bits per heavy atom. The molecule has 0 saturated heterocycles. The molecule has 0 aliphatic rings. The molecule has 6 heteroatoms. The second kappa shape index (κ2) is 7.88. The molecule has 0 saturated carbocycles. The molecule has 0 amide bonds. The predicted octanol–water partition coefficient (Wildman–Crippen LogP) is 4.73. The highest BCUT2D eigenvalue weighted by Crippen LogP contribution is 2.38. The van der Waals surface area contributed by atoms with Crippen LogP contribution < -0.4 is 0 Å². The summed E-state index contributed by atoms with van der Waals surface area (Å²) in [4.78, 5) is 10.5. The highest BCUT2D eigenvalue weighted by Gasteiger charge is 2.46. The number of alkyl halides is 3. The van der Waals surface area contributed by atoms with Crippen molar-refractivity contribution in [2.24, 2.45) is 0 Å². The number of unbranched alkanes of at least 4 members (excludes halogenated alkanes) is 3. The summed E-state index contributed by atoms with van der Waals surface area (Å²) in [6.45, 7) is 6.74. The maximum absolute atomic E-state index is 10.5. The van der Waals surface area contributed by atoms with Gasteiger partial charge < -0.3 is 4.74 Å². The van der Waals surface area contributed by atoms with Crippen LogP contribution in [0.1, 0.15) is 32.6 Å². The van der Waals surface area contributed by atoms with Crippen molar-refractivity contribution in [1.29, 1.82) is 0 Å². The van der Waals surface area contributed by atoms with Crippen LogP contribution in [0.15, 0.2) is 0 Å². The molecule has 0 bridgehead atoms. The van der Waals surface area contributed by atoms with Gasteiger partial charge in [-0.05, 0) is 0 Å². The molecular formula is C11H21Cl3O2Si. The van der Waals surface area contributed by atoms with E-state index in [9.17, 15) is 4.79 Å². The van der Waals surface area contributed by atoms with Crippen molar-refractivity contribution in [2.75, 3.05) is 0 Å². The van der Waals surface area contributed by atoms with Gasteiger partial charge in [0.25, 0.3) is 6.47 Å². The van der Waals surface area contributed by atoms with Crippen LogP contribution >= 0.6 is 34.8 Å². The molecule has 0 N–H and O–H groups in total. The molecule has 0 spiro atoms. The van der Waals surface area contributed by atoms with E-state index in [1.165, 1.54) is 19.3 Å². The molecule has 0 aliphatic heterocycles. The van der Waals surface area contributed by atoms with Crippen LogP contribution in [-0.2, 0) is 9.53 Å². The van der Waals surface area contributed by atoms with Gasteiger partial charge in [0.15, 0.2) is 0 Å². The zero-order valence-electron chi connectivity index (χ0n) is 10.6. The van der Waals surface area contributed by atoms with Crippen molar-refractivity contribution in [3.8, 4) is 0 Å². The number of ether oxygens (including phenoxy) is 1. The fourth-order valence-corrected chi connectivity index (χ4v) is 7.44. The van der Waals surface area contributed by atoms with Gasteiger partial charge >= 0.3 is 0 Å². The summed E-state index contributed by atoms with van der Waals surface area (Å²) in [6, 6.07) is 0.999. The van der Waals surface area contributed by atoms with Crippen LogP contribution in [0.3, 0.4) is 0 Å². The summed E-state index contributed by atoms with van der Waals surface area (Å²) in [7, 11) is -1.89. The number of hydrogen-bond donors (Lipinski definition) is 0. The Balaban J connectivity index is 4.44. The Hall–Kier alpha value is 0.557. The Morgan fingerprint density at radius 3 is 2.24 bits per heavy atom. The zero-order chi connectivity index (χ0) is 13.5. The molecule has 0 aromatic rings. The fourth-order valence-electron chi connectivity index (χ4n) is 1.90. The molecule has 1 atom stereocenters. The minimum Gasteiger partial charge on any atom is -0.464 e. The van der Waals surface area contributed by atoms with Crippen molar-refractivity contribution in [3.63, 3.8) is 0 Å². The Bertz CT molecular complexity index is 229. The zero-order valence-corrected chi connectivity index (χ0v) is 13.9. The third kappa shape index (κ3) is 6.90. The molecule has 17 heavy (non-hydrogen) atoms. The molecule has 0 aromatic heterocycles. The third-order valence-electron chi connectivity index (χ3n) is 2.87. The lowest BCUT2D eigenvalue weighted by atomic mass is 10.2. The smallest absolute Gasteiger partial charge is 0.293 e. The summed E-state index contributed by atoms with van der Waals surface area (Å²) in [5.74, 6) is 0. The van der Waals surface area contributed by atoms with Crippen molar-refractivity contribution in [3.05, 3.63) is 0 Å². The first-order valence-electron chi connectivity index (χ1n) is 5.91. The van der Waals surface area contributed by atoms with Gasteiger partial charge in [0.1, 0.15) is 13.8 Å². The van der Waals surface area contributed by atoms with E-state index in [1.807, 2.05) is 0 Å². The normalized spacial score (nSPS) is 14.5. The van der Waals surface area contributed by atoms with Crippen molar-refractivity contribution < 1.29 is 9.53 Å². The number of carbonyl (C=O) groups excluding carboxylic acids is 1. The topological polar surface area (TPSA) is 26.3 Å². The van der Waals surface area contributed by atoms with Gasteiger partial charge in [-0.15, -0.1) is 0 Å². The van der Waals surface area contributed by atoms with Crippen LogP contribution in [-0.4, -0.2) is 24.1 Å². The summed E-state index contributed by atoms with van der Waals surface area (Å²) in [5, 5.41) is 0.